The highest BCUT2D eigenvalue weighted by Crippen LogP contribution is 2.41. The first kappa shape index (κ1) is 22.7. The smallest absolute Gasteiger partial charge is 0.228 e. The zero-order valence-corrected chi connectivity index (χ0v) is 17.6. The van der Waals surface area contributed by atoms with Gasteiger partial charge in [-0.05, 0) is 12.1 Å². The summed E-state index contributed by atoms with van der Waals surface area (Å²) in [4.78, 5) is 12.7. The zero-order chi connectivity index (χ0) is 23.9. The van der Waals surface area contributed by atoms with E-state index in [1.807, 2.05) is 0 Å². The van der Waals surface area contributed by atoms with Crippen LogP contribution < -0.4 is 19.6 Å². The molecule has 3 aromatic rings. The van der Waals surface area contributed by atoms with Crippen LogP contribution in [0.3, 0.4) is 0 Å². The molecule has 33 heavy (non-hydrogen) atoms. The van der Waals surface area contributed by atoms with Crippen molar-refractivity contribution in [3.8, 4) is 40.1 Å². The third kappa shape index (κ3) is 4.14. The van der Waals surface area contributed by atoms with Crippen molar-refractivity contribution in [1.82, 2.24) is 0 Å². The number of aromatic hydroxyl groups is 2. The van der Waals surface area contributed by atoms with E-state index in [1.165, 1.54) is 38.5 Å². The van der Waals surface area contributed by atoms with Crippen molar-refractivity contribution >= 4 is 11.0 Å². The zero-order valence-electron chi connectivity index (χ0n) is 17.6. The third-order valence-corrected chi connectivity index (χ3v) is 5.25. The number of benzene rings is 2. The van der Waals surface area contributed by atoms with E-state index < -0.39 is 35.8 Å². The van der Waals surface area contributed by atoms with Crippen LogP contribution in [0.15, 0.2) is 39.5 Å². The number of hydrogen-bond acceptors (Lipinski definition) is 11. The summed E-state index contributed by atoms with van der Waals surface area (Å²) in [5.41, 5.74) is -0.229. The van der Waals surface area contributed by atoms with Crippen molar-refractivity contribution in [2.75, 3.05) is 20.8 Å². The van der Waals surface area contributed by atoms with Gasteiger partial charge in [0.05, 0.1) is 20.8 Å². The lowest BCUT2D eigenvalue weighted by Crippen LogP contribution is -2.54. The molecule has 4 atom stereocenters. The molecule has 1 fully saturated rings. The summed E-state index contributed by atoms with van der Waals surface area (Å²) in [6, 6.07) is 6.50. The maximum atomic E-state index is 12.7. The van der Waals surface area contributed by atoms with E-state index >= 15 is 0 Å². The van der Waals surface area contributed by atoms with E-state index in [2.05, 4.69) is 0 Å². The molecule has 11 nitrogen and oxygen atoms in total. The number of hydrogen-bond donors (Lipinski definition) is 5. The molecule has 4 rings (SSSR count). The number of methoxy groups -OCH3 is 2. The van der Waals surface area contributed by atoms with Crippen LogP contribution in [-0.2, 0) is 4.74 Å². The van der Waals surface area contributed by atoms with Crippen LogP contribution in [0.2, 0.25) is 0 Å². The van der Waals surface area contributed by atoms with Crippen molar-refractivity contribution in [1.29, 1.82) is 0 Å². The van der Waals surface area contributed by atoms with E-state index in [9.17, 15) is 30.3 Å². The highest BCUT2D eigenvalue weighted by Gasteiger charge is 2.39. The van der Waals surface area contributed by atoms with Crippen molar-refractivity contribution in [2.24, 2.45) is 0 Å². The minimum absolute atomic E-state index is 0.0196. The van der Waals surface area contributed by atoms with E-state index in [0.717, 1.165) is 6.07 Å². The van der Waals surface area contributed by atoms with E-state index in [1.54, 1.807) is 0 Å². The van der Waals surface area contributed by atoms with Crippen LogP contribution >= 0.6 is 0 Å². The third-order valence-electron chi connectivity index (χ3n) is 5.25. The molecule has 0 aliphatic carbocycles. The van der Waals surface area contributed by atoms with E-state index in [0.29, 0.717) is 5.56 Å². The molecule has 0 bridgehead atoms. The van der Waals surface area contributed by atoms with Gasteiger partial charge >= 0.3 is 0 Å². The quantitative estimate of drug-likeness (QED) is 0.362. The van der Waals surface area contributed by atoms with Gasteiger partial charge in [-0.1, -0.05) is 0 Å². The Labute approximate surface area is 186 Å². The number of fused-ring (bicyclic) bond motifs is 1. The number of ether oxygens (including phenoxy) is 4. The molecule has 0 amide bonds. The Bertz CT molecular complexity index is 1210. The molecule has 0 spiro atoms. The van der Waals surface area contributed by atoms with Gasteiger partial charge < -0.3 is 48.9 Å². The summed E-state index contributed by atoms with van der Waals surface area (Å²) in [7, 11) is 2.71. The van der Waals surface area contributed by atoms with Gasteiger partial charge in [0.1, 0.15) is 46.5 Å². The first-order chi connectivity index (χ1) is 15.7. The van der Waals surface area contributed by atoms with Crippen LogP contribution in [0.25, 0.3) is 22.3 Å². The number of rotatable bonds is 5. The van der Waals surface area contributed by atoms with Crippen molar-refractivity contribution < 1.29 is 48.9 Å². The fourth-order valence-corrected chi connectivity index (χ4v) is 3.51. The minimum atomic E-state index is -1.55. The number of aliphatic hydroxyl groups is 3. The second-order valence-corrected chi connectivity index (χ2v) is 7.39. The van der Waals surface area contributed by atoms with Crippen LogP contribution in [-0.4, -0.2) is 71.0 Å². The molecular formula is C22H22O11. The lowest BCUT2D eigenvalue weighted by Gasteiger charge is -2.34. The molecule has 2 aromatic carbocycles. The minimum Gasteiger partial charge on any atom is -0.507 e. The Kier molecular flexibility index (Phi) is 6.04. The van der Waals surface area contributed by atoms with Gasteiger partial charge in [-0.2, -0.15) is 0 Å². The van der Waals surface area contributed by atoms with Crippen LogP contribution in [0, 0.1) is 0 Å². The van der Waals surface area contributed by atoms with Gasteiger partial charge in [-0.15, -0.1) is 0 Å². The largest absolute Gasteiger partial charge is 0.507 e. The molecule has 11 heteroatoms. The van der Waals surface area contributed by atoms with Crippen LogP contribution in [0.5, 0.6) is 28.7 Å². The fraction of sp³-hybridized carbons (Fsp3) is 0.318. The van der Waals surface area contributed by atoms with Gasteiger partial charge in [-0.25, -0.2) is 0 Å². The summed E-state index contributed by atoms with van der Waals surface area (Å²) >= 11 is 0. The van der Waals surface area contributed by atoms with Crippen LogP contribution in [0.4, 0.5) is 0 Å². The number of phenolic OH excluding ortho intramolecular Hbond substituents is 2. The predicted octanol–water partition coefficient (Wildman–Crippen LogP) is 0.706. The molecular weight excluding hydrogens is 440 g/mol. The molecule has 2 heterocycles. The Morgan fingerprint density at radius 2 is 1.61 bits per heavy atom. The predicted molar refractivity (Wildman–Crippen MR) is 113 cm³/mol. The van der Waals surface area contributed by atoms with Crippen molar-refractivity contribution in [3.05, 3.63) is 40.6 Å². The highest BCUT2D eigenvalue weighted by molar-refractivity contribution is 5.86. The molecule has 1 aromatic heterocycles. The molecule has 176 valence electrons. The number of aliphatic hydroxyl groups excluding tert-OH is 3. The van der Waals surface area contributed by atoms with E-state index in [4.69, 9.17) is 23.4 Å². The normalized spacial score (nSPS) is 22.8. The molecule has 0 saturated carbocycles. The molecule has 1 aliphatic heterocycles. The Hall–Kier alpha value is -3.51. The van der Waals surface area contributed by atoms with Gasteiger partial charge in [-0.3, -0.25) is 4.79 Å². The highest BCUT2D eigenvalue weighted by atomic mass is 16.7. The van der Waals surface area contributed by atoms with Crippen molar-refractivity contribution in [2.45, 2.75) is 24.6 Å². The van der Waals surface area contributed by atoms with Gasteiger partial charge in [0.15, 0.2) is 16.9 Å². The average molecular weight is 462 g/mol. The maximum Gasteiger partial charge on any atom is 0.228 e. The summed E-state index contributed by atoms with van der Waals surface area (Å²) in [6.07, 6.45) is -5.64. The summed E-state index contributed by atoms with van der Waals surface area (Å²) in [5, 5.41) is 49.8. The first-order valence-electron chi connectivity index (χ1n) is 9.82. The second kappa shape index (κ2) is 8.79. The fourth-order valence-electron chi connectivity index (χ4n) is 3.51. The Morgan fingerprint density at radius 1 is 0.939 bits per heavy atom. The molecule has 1 saturated heterocycles. The monoisotopic (exact) mass is 462 g/mol. The number of phenols is 2. The van der Waals surface area contributed by atoms with Crippen molar-refractivity contribution in [3.63, 3.8) is 0 Å². The summed E-state index contributed by atoms with van der Waals surface area (Å²) in [5.74, 6) is -0.400. The lowest BCUT2D eigenvalue weighted by molar-refractivity contribution is -0.242. The maximum absolute atomic E-state index is 12.7. The summed E-state index contributed by atoms with van der Waals surface area (Å²) < 4.78 is 26.8. The second-order valence-electron chi connectivity index (χ2n) is 7.39. The first-order valence-corrected chi connectivity index (χ1v) is 9.82. The Morgan fingerprint density at radius 3 is 2.24 bits per heavy atom. The molecule has 0 radical (unpaired) electrons. The SMILES string of the molecule is COc1cc(-c2cc(=O)c3c(O)cc(OC4OCC(O)C(O)C4O)cc3o2)cc(OC)c1O. The van der Waals surface area contributed by atoms with Gasteiger partial charge in [0.25, 0.3) is 0 Å². The Balaban J connectivity index is 1.76. The molecule has 1 aliphatic rings. The molecule has 5 N–H and O–H groups in total. The molecule has 4 unspecified atom stereocenters. The summed E-state index contributed by atoms with van der Waals surface area (Å²) in [6.45, 7) is -0.272. The van der Waals surface area contributed by atoms with E-state index in [-0.39, 0.29) is 46.3 Å². The van der Waals surface area contributed by atoms with Gasteiger partial charge in [0.2, 0.25) is 12.0 Å². The topological polar surface area (TPSA) is 168 Å². The lowest BCUT2D eigenvalue weighted by atomic mass is 10.1. The average Bonchev–Trinajstić information content (AvgIpc) is 2.79. The van der Waals surface area contributed by atoms with Crippen LogP contribution in [0.1, 0.15) is 0 Å². The standard InChI is InChI=1S/C22H22O11/c1-29-16-3-9(4-17(30-2)20(16)27)14-7-12(24)18-11(23)5-10(6-15(18)33-14)32-22-21(28)19(26)13(25)8-31-22/h3-7,13,19,21-23,25-28H,8H2,1-2H3. The van der Waals surface area contributed by atoms with Gasteiger partial charge in [0, 0.05) is 23.8 Å².